The van der Waals surface area contributed by atoms with Gasteiger partial charge in [-0.3, -0.25) is 0 Å². The molecule has 1 aromatic rings. The number of esters is 1. The molecule has 21 heavy (non-hydrogen) atoms. The molecular formula is C14H12Cl2N2O3. The Kier molecular flexibility index (Phi) is 4.94. The van der Waals surface area contributed by atoms with Crippen molar-refractivity contribution in [3.05, 3.63) is 45.3 Å². The predicted molar refractivity (Wildman–Crippen MR) is 77.6 cm³/mol. The molecule has 1 aliphatic rings. The number of rotatable bonds is 3. The van der Waals surface area contributed by atoms with Gasteiger partial charge in [0.25, 0.3) is 0 Å². The lowest BCUT2D eigenvalue weighted by Crippen LogP contribution is -2.14. The number of carbonyl (C=O) groups is 1. The van der Waals surface area contributed by atoms with E-state index in [1.807, 2.05) is 0 Å². The molecule has 5 nitrogen and oxygen atoms in total. The molecule has 0 amide bonds. The summed E-state index contributed by atoms with van der Waals surface area (Å²) in [6, 6.07) is 6.91. The normalized spacial score (nSPS) is 19.2. The van der Waals surface area contributed by atoms with E-state index >= 15 is 0 Å². The molecule has 0 aliphatic carbocycles. The van der Waals surface area contributed by atoms with Gasteiger partial charge >= 0.3 is 5.97 Å². The molecule has 1 heterocycles. The second kappa shape index (κ2) is 6.70. The van der Waals surface area contributed by atoms with E-state index in [1.165, 1.54) is 0 Å². The molecule has 2 rings (SSSR count). The number of benzene rings is 1. The van der Waals surface area contributed by atoms with Crippen LogP contribution in [0, 0.1) is 11.3 Å². The number of ether oxygens (including phenoxy) is 2. The molecule has 1 saturated heterocycles. The van der Waals surface area contributed by atoms with Gasteiger partial charge < -0.3 is 14.8 Å². The smallest absolute Gasteiger partial charge is 0.354 e. The maximum absolute atomic E-state index is 11.7. The van der Waals surface area contributed by atoms with Crippen molar-refractivity contribution in [2.45, 2.75) is 13.0 Å². The fourth-order valence-electron chi connectivity index (χ4n) is 1.93. The summed E-state index contributed by atoms with van der Waals surface area (Å²) in [5, 5.41) is 12.9. The van der Waals surface area contributed by atoms with E-state index in [0.717, 1.165) is 0 Å². The van der Waals surface area contributed by atoms with Crippen molar-refractivity contribution >= 4 is 29.2 Å². The van der Waals surface area contributed by atoms with Gasteiger partial charge in [-0.2, -0.15) is 5.26 Å². The highest BCUT2D eigenvalue weighted by Crippen LogP contribution is 2.35. The van der Waals surface area contributed by atoms with E-state index in [0.29, 0.717) is 22.2 Å². The van der Waals surface area contributed by atoms with Gasteiger partial charge in [-0.05, 0) is 19.1 Å². The summed E-state index contributed by atoms with van der Waals surface area (Å²) in [6.45, 7) is 2.19. The minimum absolute atomic E-state index is 0.0805. The Morgan fingerprint density at radius 2 is 2.19 bits per heavy atom. The Labute approximate surface area is 132 Å². The fourth-order valence-corrected chi connectivity index (χ4v) is 2.57. The zero-order valence-corrected chi connectivity index (χ0v) is 12.7. The highest BCUT2D eigenvalue weighted by molar-refractivity contribution is 6.36. The van der Waals surface area contributed by atoms with Gasteiger partial charge in [0.05, 0.1) is 13.2 Å². The summed E-state index contributed by atoms with van der Waals surface area (Å²) in [5.74, 6) is -0.648. The van der Waals surface area contributed by atoms with Crippen LogP contribution in [0.2, 0.25) is 10.0 Å². The Morgan fingerprint density at radius 3 is 2.76 bits per heavy atom. The average molecular weight is 327 g/mol. The van der Waals surface area contributed by atoms with E-state index in [2.05, 4.69) is 5.32 Å². The minimum Gasteiger partial charge on any atom is -0.468 e. The van der Waals surface area contributed by atoms with Crippen LogP contribution in [0.25, 0.3) is 0 Å². The van der Waals surface area contributed by atoms with Crippen LogP contribution < -0.4 is 5.32 Å². The van der Waals surface area contributed by atoms with Crippen LogP contribution >= 0.6 is 23.2 Å². The fraction of sp³-hybridized carbons (Fsp3) is 0.286. The Bertz CT molecular complexity index is 617. The van der Waals surface area contributed by atoms with Gasteiger partial charge in [0, 0.05) is 15.6 Å². The molecule has 7 heteroatoms. The zero-order valence-electron chi connectivity index (χ0n) is 11.2. The van der Waals surface area contributed by atoms with E-state index in [1.54, 1.807) is 31.2 Å². The molecule has 1 N–H and O–H groups in total. The first-order valence-electron chi connectivity index (χ1n) is 6.24. The second-order valence-electron chi connectivity index (χ2n) is 4.16. The standard InChI is InChI=1S/C14H12Cl2N2O3/c1-2-20-14(19)8(6-17)13-18-7-11(21-13)12-9(15)4-3-5-10(12)16/h3-5,11,18H,2,7H2,1H3/b13-8-. The molecule has 1 fully saturated rings. The lowest BCUT2D eigenvalue weighted by atomic mass is 10.1. The number of nitrogens with one attached hydrogen (secondary N) is 1. The third-order valence-corrected chi connectivity index (χ3v) is 3.51. The SMILES string of the molecule is CCOC(=O)/C(C#N)=C1/NCC(c2c(Cl)cccc2Cl)O1. The van der Waals surface area contributed by atoms with Crippen LogP contribution in [0.1, 0.15) is 18.6 Å². The minimum atomic E-state index is -0.728. The Balaban J connectivity index is 2.28. The number of nitrogens with zero attached hydrogens (tertiary/aromatic N) is 1. The van der Waals surface area contributed by atoms with Crippen LogP contribution in [0.15, 0.2) is 29.7 Å². The molecule has 1 atom stereocenters. The van der Waals surface area contributed by atoms with E-state index < -0.39 is 12.1 Å². The molecule has 1 aromatic carbocycles. The summed E-state index contributed by atoms with van der Waals surface area (Å²) in [4.78, 5) is 11.7. The van der Waals surface area contributed by atoms with E-state index in [4.69, 9.17) is 37.9 Å². The summed E-state index contributed by atoms with van der Waals surface area (Å²) in [5.41, 5.74) is 0.409. The maximum atomic E-state index is 11.7. The summed E-state index contributed by atoms with van der Waals surface area (Å²) < 4.78 is 10.4. The molecule has 0 spiro atoms. The number of nitriles is 1. The van der Waals surface area contributed by atoms with Crippen molar-refractivity contribution in [3.8, 4) is 6.07 Å². The highest BCUT2D eigenvalue weighted by Gasteiger charge is 2.30. The summed E-state index contributed by atoms with van der Waals surface area (Å²) in [7, 11) is 0. The van der Waals surface area contributed by atoms with Gasteiger partial charge in [-0.15, -0.1) is 0 Å². The van der Waals surface area contributed by atoms with Gasteiger partial charge in [-0.25, -0.2) is 4.79 Å². The first-order chi connectivity index (χ1) is 10.1. The van der Waals surface area contributed by atoms with Crippen LogP contribution in [0.4, 0.5) is 0 Å². The second-order valence-corrected chi connectivity index (χ2v) is 4.97. The quantitative estimate of drug-likeness (QED) is 0.525. The van der Waals surface area contributed by atoms with Crippen molar-refractivity contribution in [1.82, 2.24) is 5.32 Å². The van der Waals surface area contributed by atoms with Crippen molar-refractivity contribution < 1.29 is 14.3 Å². The van der Waals surface area contributed by atoms with Crippen LogP contribution in [-0.4, -0.2) is 19.1 Å². The monoisotopic (exact) mass is 326 g/mol. The number of halogens is 2. The first kappa shape index (κ1) is 15.5. The third-order valence-electron chi connectivity index (χ3n) is 2.85. The third kappa shape index (κ3) is 3.23. The molecule has 0 radical (unpaired) electrons. The van der Waals surface area contributed by atoms with Crippen molar-refractivity contribution in [3.63, 3.8) is 0 Å². The van der Waals surface area contributed by atoms with Gasteiger partial charge in [0.1, 0.15) is 12.2 Å². The maximum Gasteiger partial charge on any atom is 0.354 e. The number of hydrogen-bond acceptors (Lipinski definition) is 5. The number of hydrogen-bond donors (Lipinski definition) is 1. The Hall–Kier alpha value is -1.90. The molecule has 0 saturated carbocycles. The largest absolute Gasteiger partial charge is 0.468 e. The summed E-state index contributed by atoms with van der Waals surface area (Å²) >= 11 is 12.2. The van der Waals surface area contributed by atoms with Gasteiger partial charge in [0.2, 0.25) is 5.88 Å². The summed E-state index contributed by atoms with van der Waals surface area (Å²) in [6.07, 6.45) is -0.473. The zero-order chi connectivity index (χ0) is 15.4. The van der Waals surface area contributed by atoms with Crippen LogP contribution in [0.3, 0.4) is 0 Å². The topological polar surface area (TPSA) is 71.4 Å². The molecule has 1 unspecified atom stereocenters. The van der Waals surface area contributed by atoms with Gasteiger partial charge in [-0.1, -0.05) is 29.3 Å². The molecule has 0 aromatic heterocycles. The highest BCUT2D eigenvalue weighted by atomic mass is 35.5. The predicted octanol–water partition coefficient (Wildman–Crippen LogP) is 2.95. The lowest BCUT2D eigenvalue weighted by Gasteiger charge is -2.13. The molecule has 110 valence electrons. The van der Waals surface area contributed by atoms with Gasteiger partial charge in [0.15, 0.2) is 5.57 Å². The van der Waals surface area contributed by atoms with Crippen LogP contribution in [0.5, 0.6) is 0 Å². The first-order valence-corrected chi connectivity index (χ1v) is 7.00. The van der Waals surface area contributed by atoms with E-state index in [9.17, 15) is 4.79 Å². The average Bonchev–Trinajstić information content (AvgIpc) is 2.89. The molecule has 1 aliphatic heterocycles. The number of carbonyl (C=O) groups excluding carboxylic acids is 1. The van der Waals surface area contributed by atoms with Crippen molar-refractivity contribution in [1.29, 1.82) is 5.26 Å². The molecular weight excluding hydrogens is 315 g/mol. The van der Waals surface area contributed by atoms with E-state index in [-0.39, 0.29) is 18.1 Å². The molecule has 0 bridgehead atoms. The Morgan fingerprint density at radius 1 is 1.52 bits per heavy atom. The van der Waals surface area contributed by atoms with Crippen molar-refractivity contribution in [2.24, 2.45) is 0 Å². The van der Waals surface area contributed by atoms with Crippen LogP contribution in [-0.2, 0) is 14.3 Å². The lowest BCUT2D eigenvalue weighted by molar-refractivity contribution is -0.138. The van der Waals surface area contributed by atoms with Crippen molar-refractivity contribution in [2.75, 3.05) is 13.2 Å².